The van der Waals surface area contributed by atoms with Crippen molar-refractivity contribution < 1.29 is 23.0 Å². The highest BCUT2D eigenvalue weighted by Gasteiger charge is 2.33. The van der Waals surface area contributed by atoms with Crippen LogP contribution in [0.3, 0.4) is 0 Å². The number of benzene rings is 2. The number of carbonyl (C=O) groups excluding carboxylic acids is 1. The Morgan fingerprint density at radius 3 is 2.71 bits per heavy atom. The first-order valence-corrected chi connectivity index (χ1v) is 9.55. The summed E-state index contributed by atoms with van der Waals surface area (Å²) in [6.45, 7) is 0.364. The number of carbonyl (C=O) groups is 1. The van der Waals surface area contributed by atoms with Crippen LogP contribution in [0.2, 0.25) is 0 Å². The van der Waals surface area contributed by atoms with E-state index in [0.29, 0.717) is 5.75 Å². The van der Waals surface area contributed by atoms with Gasteiger partial charge in [0.1, 0.15) is 12.4 Å². The van der Waals surface area contributed by atoms with Crippen LogP contribution in [0.4, 0.5) is 19.3 Å². The quantitative estimate of drug-likeness (QED) is 0.613. The maximum atomic E-state index is 13.4. The maximum Gasteiger partial charge on any atom is 0.414 e. The van der Waals surface area contributed by atoms with Crippen LogP contribution in [0, 0.1) is 11.6 Å². The Bertz CT molecular complexity index is 964. The van der Waals surface area contributed by atoms with Crippen molar-refractivity contribution in [3.63, 3.8) is 0 Å². The number of nitrogens with zero attached hydrogens (tertiary/aromatic N) is 2. The highest BCUT2D eigenvalue weighted by Crippen LogP contribution is 2.24. The average molecular weight is 402 g/mol. The van der Waals surface area contributed by atoms with E-state index in [9.17, 15) is 13.6 Å². The molecule has 1 aliphatic rings. The fraction of sp³-hybridized carbons (Fsp3) is 0.200. The van der Waals surface area contributed by atoms with Crippen molar-refractivity contribution in [2.24, 2.45) is 0 Å². The van der Waals surface area contributed by atoms with Gasteiger partial charge >= 0.3 is 6.09 Å². The molecule has 1 unspecified atom stereocenters. The highest BCUT2D eigenvalue weighted by atomic mass is 32.1. The zero-order chi connectivity index (χ0) is 19.5. The molecule has 0 bridgehead atoms. The molecule has 1 amide bonds. The Kier molecular flexibility index (Phi) is 5.21. The predicted molar refractivity (Wildman–Crippen MR) is 101 cm³/mol. The van der Waals surface area contributed by atoms with Crippen LogP contribution in [0.1, 0.15) is 11.3 Å². The third-order valence-electron chi connectivity index (χ3n) is 4.32. The molecule has 1 fully saturated rings. The van der Waals surface area contributed by atoms with Gasteiger partial charge in [0.15, 0.2) is 17.7 Å². The Morgan fingerprint density at radius 2 is 2.00 bits per heavy atom. The molecular formula is C20H16F2N2O3S. The number of ether oxygens (including phenoxy) is 2. The van der Waals surface area contributed by atoms with Gasteiger partial charge in [-0.05, 0) is 29.8 Å². The second-order valence-electron chi connectivity index (χ2n) is 6.33. The van der Waals surface area contributed by atoms with Crippen LogP contribution in [-0.2, 0) is 11.2 Å². The third kappa shape index (κ3) is 4.12. The Balaban J connectivity index is 1.32. The third-order valence-corrected chi connectivity index (χ3v) is 4.95. The highest BCUT2D eigenvalue weighted by molar-refractivity contribution is 7.07. The Morgan fingerprint density at radius 1 is 1.18 bits per heavy atom. The molecular weight excluding hydrogens is 386 g/mol. The SMILES string of the molecule is O=C1OC(COc2ccc(Cc3cscn3)cc2)CN1c1ccc(F)c(F)c1. The molecule has 2 heterocycles. The lowest BCUT2D eigenvalue weighted by molar-refractivity contribution is 0.105. The first kappa shape index (κ1) is 18.4. The molecule has 28 heavy (non-hydrogen) atoms. The standard InChI is InChI=1S/C20H16F2N2O3S/c21-18-6-3-15(8-19(18)22)24-9-17(27-20(24)25)10-26-16-4-1-13(2-5-16)7-14-11-28-12-23-14/h1-6,8,11-12,17H,7,9-10H2. The lowest BCUT2D eigenvalue weighted by Crippen LogP contribution is -2.26. The maximum absolute atomic E-state index is 13.4. The molecule has 0 aliphatic carbocycles. The molecule has 1 atom stereocenters. The molecule has 0 spiro atoms. The van der Waals surface area contributed by atoms with Crippen molar-refractivity contribution in [1.82, 2.24) is 4.98 Å². The van der Waals surface area contributed by atoms with Gasteiger partial charge in [0.25, 0.3) is 0 Å². The van der Waals surface area contributed by atoms with Crippen LogP contribution >= 0.6 is 11.3 Å². The molecule has 0 saturated carbocycles. The summed E-state index contributed by atoms with van der Waals surface area (Å²) in [7, 11) is 0. The Hall–Kier alpha value is -3.00. The minimum Gasteiger partial charge on any atom is -0.490 e. The molecule has 5 nitrogen and oxygen atoms in total. The van der Waals surface area contributed by atoms with Gasteiger partial charge in [0, 0.05) is 17.9 Å². The largest absolute Gasteiger partial charge is 0.490 e. The van der Waals surface area contributed by atoms with Crippen LogP contribution in [0.25, 0.3) is 0 Å². The summed E-state index contributed by atoms with van der Waals surface area (Å²) in [5.74, 6) is -1.32. The van der Waals surface area contributed by atoms with Crippen molar-refractivity contribution in [3.05, 3.63) is 76.2 Å². The fourth-order valence-electron chi connectivity index (χ4n) is 2.90. The Labute approximate surface area is 164 Å². The van der Waals surface area contributed by atoms with E-state index >= 15 is 0 Å². The van der Waals surface area contributed by atoms with Gasteiger partial charge < -0.3 is 9.47 Å². The summed E-state index contributed by atoms with van der Waals surface area (Å²) in [5.41, 5.74) is 4.20. The molecule has 3 aromatic rings. The van der Waals surface area contributed by atoms with Crippen molar-refractivity contribution in [1.29, 1.82) is 0 Å². The van der Waals surface area contributed by atoms with Crippen LogP contribution < -0.4 is 9.64 Å². The molecule has 1 saturated heterocycles. The number of hydrogen-bond donors (Lipinski definition) is 0. The van der Waals surface area contributed by atoms with E-state index in [-0.39, 0.29) is 18.8 Å². The van der Waals surface area contributed by atoms with Crippen molar-refractivity contribution >= 4 is 23.1 Å². The summed E-state index contributed by atoms with van der Waals surface area (Å²) >= 11 is 1.56. The van der Waals surface area contributed by atoms with Crippen LogP contribution in [-0.4, -0.2) is 30.3 Å². The summed E-state index contributed by atoms with van der Waals surface area (Å²) in [4.78, 5) is 17.5. The number of anilines is 1. The van der Waals surface area contributed by atoms with Crippen LogP contribution in [0.5, 0.6) is 5.75 Å². The van der Waals surface area contributed by atoms with Gasteiger partial charge in [-0.2, -0.15) is 0 Å². The number of amides is 1. The first-order valence-electron chi connectivity index (χ1n) is 8.60. The minimum absolute atomic E-state index is 0.164. The normalized spacial score (nSPS) is 16.3. The summed E-state index contributed by atoms with van der Waals surface area (Å²) in [6.07, 6.45) is -0.360. The molecule has 144 valence electrons. The molecule has 1 aliphatic heterocycles. The molecule has 0 N–H and O–H groups in total. The zero-order valence-corrected chi connectivity index (χ0v) is 15.5. The predicted octanol–water partition coefficient (Wildman–Crippen LogP) is 4.42. The lowest BCUT2D eigenvalue weighted by atomic mass is 10.1. The molecule has 2 aromatic carbocycles. The van der Waals surface area contributed by atoms with E-state index in [1.165, 1.54) is 11.0 Å². The smallest absolute Gasteiger partial charge is 0.414 e. The van der Waals surface area contributed by atoms with Gasteiger partial charge in [-0.25, -0.2) is 18.6 Å². The van der Waals surface area contributed by atoms with Crippen molar-refractivity contribution in [2.75, 3.05) is 18.1 Å². The molecule has 1 aromatic heterocycles. The second kappa shape index (κ2) is 7.93. The van der Waals surface area contributed by atoms with Gasteiger partial charge in [-0.3, -0.25) is 4.90 Å². The number of aromatic nitrogens is 1. The molecule has 0 radical (unpaired) electrons. The van der Waals surface area contributed by atoms with E-state index in [4.69, 9.17) is 9.47 Å². The monoisotopic (exact) mass is 402 g/mol. The summed E-state index contributed by atoms with van der Waals surface area (Å²) in [5, 5.41) is 2.01. The van der Waals surface area contributed by atoms with Crippen molar-refractivity contribution in [2.45, 2.75) is 12.5 Å². The number of hydrogen-bond acceptors (Lipinski definition) is 5. The van der Waals surface area contributed by atoms with E-state index < -0.39 is 23.8 Å². The van der Waals surface area contributed by atoms with Gasteiger partial charge in [0.2, 0.25) is 0 Å². The van der Waals surface area contributed by atoms with E-state index in [1.807, 2.05) is 29.6 Å². The van der Waals surface area contributed by atoms with Crippen LogP contribution in [0.15, 0.2) is 53.4 Å². The number of rotatable bonds is 6. The number of halogens is 2. The summed E-state index contributed by atoms with van der Waals surface area (Å²) in [6, 6.07) is 10.9. The van der Waals surface area contributed by atoms with Crippen molar-refractivity contribution in [3.8, 4) is 5.75 Å². The molecule has 4 rings (SSSR count). The number of cyclic esters (lactones) is 1. The van der Waals surface area contributed by atoms with Gasteiger partial charge in [-0.1, -0.05) is 12.1 Å². The zero-order valence-electron chi connectivity index (χ0n) is 14.7. The average Bonchev–Trinajstić information content (AvgIpc) is 3.33. The van der Waals surface area contributed by atoms with E-state index in [1.54, 1.807) is 16.8 Å². The summed E-state index contributed by atoms with van der Waals surface area (Å²) < 4.78 is 37.4. The minimum atomic E-state index is -1.01. The topological polar surface area (TPSA) is 51.7 Å². The second-order valence-corrected chi connectivity index (χ2v) is 7.04. The molecule has 8 heteroatoms. The number of thiazole rings is 1. The lowest BCUT2D eigenvalue weighted by Gasteiger charge is -2.13. The van der Waals surface area contributed by atoms with Gasteiger partial charge in [0.05, 0.1) is 23.4 Å². The van der Waals surface area contributed by atoms with E-state index in [2.05, 4.69) is 4.98 Å². The van der Waals surface area contributed by atoms with E-state index in [0.717, 1.165) is 29.8 Å². The van der Waals surface area contributed by atoms with Gasteiger partial charge in [-0.15, -0.1) is 11.3 Å². The fourth-order valence-corrected chi connectivity index (χ4v) is 3.46. The first-order chi connectivity index (χ1) is 13.6.